The second kappa shape index (κ2) is 4.84. The van der Waals surface area contributed by atoms with Gasteiger partial charge in [-0.1, -0.05) is 35.4 Å². The van der Waals surface area contributed by atoms with Crippen LogP contribution in [0.3, 0.4) is 0 Å². The number of halogens is 2. The summed E-state index contributed by atoms with van der Waals surface area (Å²) in [5, 5.41) is 5.24. The van der Waals surface area contributed by atoms with Gasteiger partial charge in [0.1, 0.15) is 0 Å². The molecule has 2 unspecified atom stereocenters. The Morgan fingerprint density at radius 2 is 2.00 bits per heavy atom. The summed E-state index contributed by atoms with van der Waals surface area (Å²) in [4.78, 5) is 0. The maximum atomic E-state index is 10.7. The third-order valence-corrected chi connectivity index (χ3v) is 3.78. The Kier molecular flexibility index (Phi) is 5.16. The van der Waals surface area contributed by atoms with E-state index in [0.29, 0.717) is 0 Å². The van der Waals surface area contributed by atoms with Crippen molar-refractivity contribution in [3.63, 3.8) is 0 Å². The van der Waals surface area contributed by atoms with Gasteiger partial charge in [-0.2, -0.15) is 8.42 Å². The van der Waals surface area contributed by atoms with Gasteiger partial charge < -0.3 is 5.11 Å². The summed E-state index contributed by atoms with van der Waals surface area (Å²) in [6, 6.07) is 0. The summed E-state index contributed by atoms with van der Waals surface area (Å²) in [5.41, 5.74) is 0. The van der Waals surface area contributed by atoms with Crippen molar-refractivity contribution in [2.24, 2.45) is 0 Å². The van der Waals surface area contributed by atoms with E-state index < -0.39 is 20.4 Å². The third-order valence-electron chi connectivity index (χ3n) is 1.56. The molecular formula is C6H7Cl2NaO4S. The van der Waals surface area contributed by atoms with Crippen LogP contribution in [0.15, 0.2) is 23.3 Å². The summed E-state index contributed by atoms with van der Waals surface area (Å²) in [6.07, 6.45) is 3.59. The van der Waals surface area contributed by atoms with Gasteiger partial charge in [0.25, 0.3) is 10.1 Å². The molecule has 76 valence electrons. The van der Waals surface area contributed by atoms with Crippen LogP contribution in [0.1, 0.15) is 0 Å². The van der Waals surface area contributed by atoms with Gasteiger partial charge in [0.15, 0.2) is 10.3 Å². The van der Waals surface area contributed by atoms with Crippen LogP contribution in [0.25, 0.3) is 0 Å². The molecule has 0 fully saturated rings. The fourth-order valence-corrected chi connectivity index (χ4v) is 2.46. The zero-order valence-electron chi connectivity index (χ0n) is 6.18. The molecule has 0 spiro atoms. The van der Waals surface area contributed by atoms with Crippen LogP contribution in [-0.4, -0.2) is 57.9 Å². The summed E-state index contributed by atoms with van der Waals surface area (Å²) in [6.45, 7) is 0. The molecule has 0 amide bonds. The molecule has 0 heterocycles. The Bertz CT molecular complexity index is 373. The summed E-state index contributed by atoms with van der Waals surface area (Å²) < 4.78 is 30.1. The Morgan fingerprint density at radius 1 is 1.50 bits per heavy atom. The SMILES string of the molecule is O=S(=O)(O)C1C=CC=C(Cl)C1(O)Cl.[NaH]. The van der Waals surface area contributed by atoms with Gasteiger partial charge in [0, 0.05) is 0 Å². The molecule has 1 aliphatic carbocycles. The third kappa shape index (κ3) is 2.96. The second-order valence-corrected chi connectivity index (χ2v) is 5.03. The van der Waals surface area contributed by atoms with E-state index in [1.54, 1.807) is 0 Å². The zero-order chi connectivity index (χ0) is 10.3. The molecule has 2 N–H and O–H groups in total. The molecule has 0 saturated heterocycles. The zero-order valence-corrected chi connectivity index (χ0v) is 8.51. The van der Waals surface area contributed by atoms with E-state index in [1.165, 1.54) is 12.2 Å². The van der Waals surface area contributed by atoms with E-state index >= 15 is 0 Å². The molecule has 1 aliphatic rings. The molecule has 1 rings (SSSR count). The van der Waals surface area contributed by atoms with Crippen LogP contribution < -0.4 is 0 Å². The second-order valence-electron chi connectivity index (χ2n) is 2.51. The predicted octanol–water partition coefficient (Wildman–Crippen LogP) is 0.214. The topological polar surface area (TPSA) is 74.6 Å². The number of allylic oxidation sites excluding steroid dienone is 2. The molecule has 4 nitrogen and oxygen atoms in total. The van der Waals surface area contributed by atoms with Crippen LogP contribution in [0.5, 0.6) is 0 Å². The molecule has 14 heavy (non-hydrogen) atoms. The first-order valence-corrected chi connectivity index (χ1v) is 5.44. The van der Waals surface area contributed by atoms with E-state index in [1.807, 2.05) is 0 Å². The molecule has 0 radical (unpaired) electrons. The van der Waals surface area contributed by atoms with Gasteiger partial charge >= 0.3 is 29.6 Å². The van der Waals surface area contributed by atoms with Gasteiger partial charge in [0.05, 0.1) is 5.03 Å². The van der Waals surface area contributed by atoms with E-state index in [2.05, 4.69) is 0 Å². The Balaban J connectivity index is 0.00000169. The van der Waals surface area contributed by atoms with Crippen molar-refractivity contribution >= 4 is 62.9 Å². The van der Waals surface area contributed by atoms with Crippen molar-refractivity contribution in [1.82, 2.24) is 0 Å². The molecule has 0 aliphatic heterocycles. The van der Waals surface area contributed by atoms with Gasteiger partial charge in [-0.15, -0.1) is 0 Å². The average Bonchev–Trinajstić information content (AvgIpc) is 1.92. The Morgan fingerprint density at radius 3 is 2.36 bits per heavy atom. The first-order chi connectivity index (χ1) is 5.76. The minimum absolute atomic E-state index is 0. The van der Waals surface area contributed by atoms with E-state index in [-0.39, 0.29) is 34.6 Å². The van der Waals surface area contributed by atoms with Crippen LogP contribution in [0.2, 0.25) is 0 Å². The number of rotatable bonds is 1. The number of alkyl halides is 1. The number of hydrogen-bond donors (Lipinski definition) is 2. The van der Waals surface area contributed by atoms with Crippen LogP contribution in [-0.2, 0) is 10.1 Å². The number of hydrogen-bond acceptors (Lipinski definition) is 3. The molecule has 0 saturated carbocycles. The quantitative estimate of drug-likeness (QED) is 0.405. The first kappa shape index (κ1) is 14.9. The van der Waals surface area contributed by atoms with Crippen molar-refractivity contribution in [2.75, 3.05) is 0 Å². The summed E-state index contributed by atoms with van der Waals surface area (Å²) in [7, 11) is -4.46. The van der Waals surface area contributed by atoms with Gasteiger partial charge in [-0.25, -0.2) is 0 Å². The molecule has 0 aromatic heterocycles. The van der Waals surface area contributed by atoms with Crippen molar-refractivity contribution in [1.29, 1.82) is 0 Å². The monoisotopic (exact) mass is 268 g/mol. The van der Waals surface area contributed by atoms with Crippen molar-refractivity contribution in [3.05, 3.63) is 23.3 Å². The molecule has 0 aromatic rings. The summed E-state index contributed by atoms with van der Waals surface area (Å²) >= 11 is 10.9. The Labute approximate surface area is 114 Å². The van der Waals surface area contributed by atoms with Crippen LogP contribution >= 0.6 is 23.2 Å². The van der Waals surface area contributed by atoms with Crippen molar-refractivity contribution in [2.45, 2.75) is 10.3 Å². The maximum absolute atomic E-state index is 10.7. The normalized spacial score (nSPS) is 32.0. The fraction of sp³-hybridized carbons (Fsp3) is 0.333. The summed E-state index contributed by atoms with van der Waals surface area (Å²) in [5.74, 6) is 0. The van der Waals surface area contributed by atoms with Crippen LogP contribution in [0, 0.1) is 0 Å². The van der Waals surface area contributed by atoms with Crippen molar-refractivity contribution in [3.8, 4) is 0 Å². The van der Waals surface area contributed by atoms with Crippen LogP contribution in [0.4, 0.5) is 0 Å². The molecular weight excluding hydrogens is 262 g/mol. The molecule has 0 bridgehead atoms. The molecule has 8 heteroatoms. The number of aliphatic hydroxyl groups is 1. The van der Waals surface area contributed by atoms with E-state index in [9.17, 15) is 13.5 Å². The van der Waals surface area contributed by atoms with Gasteiger partial charge in [-0.05, 0) is 6.08 Å². The predicted molar refractivity (Wildman–Crippen MR) is 56.4 cm³/mol. The Hall–Kier alpha value is 0.930. The minimum atomic E-state index is -4.46. The van der Waals surface area contributed by atoms with Gasteiger partial charge in [-0.3, -0.25) is 4.55 Å². The first-order valence-electron chi connectivity index (χ1n) is 3.18. The standard InChI is InChI=1S/C6H6Cl2O4S.Na.H/c7-4-2-1-3-5(6(4,8)9)13(10,11)12;;/h1-3,5,9H,(H,10,11,12);;. The average molecular weight is 269 g/mol. The fourth-order valence-electron chi connectivity index (χ4n) is 0.918. The molecule has 2 atom stereocenters. The van der Waals surface area contributed by atoms with Gasteiger partial charge in [0.2, 0.25) is 0 Å². The molecule has 0 aromatic carbocycles. The van der Waals surface area contributed by atoms with Crippen molar-refractivity contribution < 1.29 is 18.1 Å². The van der Waals surface area contributed by atoms with E-state index in [0.717, 1.165) is 6.08 Å². The van der Waals surface area contributed by atoms with E-state index in [4.69, 9.17) is 27.8 Å².